The minimum atomic E-state index is -3.96. The van der Waals surface area contributed by atoms with Crippen LogP contribution in [0.15, 0.2) is 41.3 Å². The normalized spacial score (nSPS) is 15.2. The number of fused-ring (bicyclic) bond motifs is 1. The quantitative estimate of drug-likeness (QED) is 0.707. The van der Waals surface area contributed by atoms with Crippen molar-refractivity contribution in [3.8, 4) is 5.75 Å². The number of amides is 2. The Kier molecular flexibility index (Phi) is 6.05. The molecule has 0 saturated carbocycles. The van der Waals surface area contributed by atoms with Gasteiger partial charge in [-0.05, 0) is 55.8 Å². The van der Waals surface area contributed by atoms with Crippen LogP contribution in [-0.4, -0.2) is 52.3 Å². The topological polar surface area (TPSA) is 96.0 Å². The lowest BCUT2D eigenvalue weighted by Gasteiger charge is -2.19. The van der Waals surface area contributed by atoms with E-state index in [9.17, 15) is 18.0 Å². The summed E-state index contributed by atoms with van der Waals surface area (Å²) in [5.74, 6) is -0.172. The van der Waals surface area contributed by atoms with Gasteiger partial charge in [-0.1, -0.05) is 11.6 Å². The van der Waals surface area contributed by atoms with Gasteiger partial charge in [0.25, 0.3) is 0 Å². The van der Waals surface area contributed by atoms with E-state index in [1.54, 1.807) is 39.1 Å². The minimum Gasteiger partial charge on any atom is -0.495 e. The smallest absolute Gasteiger partial charge is 0.243 e. The number of nitrogens with zero attached hydrogens (tertiary/aromatic N) is 2. The Balaban J connectivity index is 1.78. The van der Waals surface area contributed by atoms with E-state index >= 15 is 0 Å². The lowest BCUT2D eigenvalue weighted by Crippen LogP contribution is -2.35. The van der Waals surface area contributed by atoms with Gasteiger partial charge in [0.2, 0.25) is 21.8 Å². The summed E-state index contributed by atoms with van der Waals surface area (Å²) in [7, 11) is 0.508. The van der Waals surface area contributed by atoms with Crippen molar-refractivity contribution in [2.45, 2.75) is 24.2 Å². The van der Waals surface area contributed by atoms with Crippen LogP contribution < -0.4 is 15.0 Å². The average molecular weight is 466 g/mol. The number of carbonyl (C=O) groups is 2. The molecule has 3 rings (SSSR count). The van der Waals surface area contributed by atoms with E-state index in [0.29, 0.717) is 27.7 Å². The van der Waals surface area contributed by atoms with Gasteiger partial charge in [0, 0.05) is 25.5 Å². The summed E-state index contributed by atoms with van der Waals surface area (Å²) in [4.78, 5) is 26.4. The van der Waals surface area contributed by atoms with Gasteiger partial charge in [0.05, 0.1) is 29.0 Å². The molecular weight excluding hydrogens is 442 g/mol. The first-order valence-corrected chi connectivity index (χ1v) is 11.2. The Morgan fingerprint density at radius 1 is 1.23 bits per heavy atom. The number of likely N-dealkylation sites (N-methyl/N-ethyl adjacent to an activating group) is 2. The maximum Gasteiger partial charge on any atom is 0.243 e. The van der Waals surface area contributed by atoms with Crippen molar-refractivity contribution in [2.75, 3.05) is 38.0 Å². The van der Waals surface area contributed by atoms with E-state index in [0.717, 1.165) is 4.31 Å². The van der Waals surface area contributed by atoms with Crippen LogP contribution in [-0.2, 0) is 25.0 Å². The molecule has 8 nitrogen and oxygen atoms in total. The van der Waals surface area contributed by atoms with E-state index in [2.05, 4.69) is 5.32 Å². The second kappa shape index (κ2) is 8.14. The Morgan fingerprint density at radius 2 is 1.90 bits per heavy atom. The Bertz CT molecular complexity index is 1160. The zero-order valence-electron chi connectivity index (χ0n) is 17.9. The molecule has 0 fully saturated rings. The second-order valence-electron chi connectivity index (χ2n) is 7.83. The zero-order valence-corrected chi connectivity index (χ0v) is 19.5. The number of anilines is 2. The Hall–Kier alpha value is -2.62. The van der Waals surface area contributed by atoms with Gasteiger partial charge in [-0.2, -0.15) is 4.31 Å². The number of hydrogen-bond acceptors (Lipinski definition) is 5. The number of methoxy groups -OCH3 is 1. The maximum atomic E-state index is 13.0. The van der Waals surface area contributed by atoms with Crippen LogP contribution in [0.4, 0.5) is 11.4 Å². The molecule has 0 spiro atoms. The van der Waals surface area contributed by atoms with Gasteiger partial charge in [-0.3, -0.25) is 9.59 Å². The molecule has 1 heterocycles. The fourth-order valence-corrected chi connectivity index (χ4v) is 4.94. The largest absolute Gasteiger partial charge is 0.495 e. The summed E-state index contributed by atoms with van der Waals surface area (Å²) in [6, 6.07) is 9.28. The highest BCUT2D eigenvalue weighted by atomic mass is 35.5. The van der Waals surface area contributed by atoms with Gasteiger partial charge < -0.3 is 15.0 Å². The molecule has 2 aromatic carbocycles. The number of nitrogens with one attached hydrogen (secondary N) is 1. The van der Waals surface area contributed by atoms with Crippen molar-refractivity contribution in [3.63, 3.8) is 0 Å². The third-order valence-electron chi connectivity index (χ3n) is 5.35. The molecule has 0 saturated heterocycles. The maximum absolute atomic E-state index is 13.0. The highest BCUT2D eigenvalue weighted by Crippen LogP contribution is 2.41. The van der Waals surface area contributed by atoms with Gasteiger partial charge in [-0.15, -0.1) is 0 Å². The first kappa shape index (κ1) is 23.1. The molecule has 1 N–H and O–H groups in total. The fraction of sp³-hybridized carbons (Fsp3) is 0.333. The highest BCUT2D eigenvalue weighted by Gasteiger charge is 2.43. The molecule has 0 radical (unpaired) electrons. The molecule has 31 heavy (non-hydrogen) atoms. The van der Waals surface area contributed by atoms with Crippen molar-refractivity contribution >= 4 is 44.8 Å². The molecule has 2 aromatic rings. The van der Waals surface area contributed by atoms with Crippen LogP contribution in [0.3, 0.4) is 0 Å². The Morgan fingerprint density at radius 3 is 2.52 bits per heavy atom. The van der Waals surface area contributed by atoms with Crippen LogP contribution in [0.2, 0.25) is 5.02 Å². The first-order chi connectivity index (χ1) is 14.4. The first-order valence-electron chi connectivity index (χ1n) is 9.42. The van der Waals surface area contributed by atoms with Gasteiger partial charge in [-0.25, -0.2) is 8.42 Å². The number of sulfonamides is 1. The standard InChI is InChI=1S/C21H24ClN3O5S/c1-21(2)15-11-14(7-8-17(15)25(4)20(21)27)31(28,29)24(3)12-19(26)23-13-6-9-18(30-5)16(22)10-13/h6-11H,12H2,1-5H3,(H,23,26). The van der Waals surface area contributed by atoms with Gasteiger partial charge >= 0.3 is 0 Å². The molecule has 0 atom stereocenters. The van der Waals surface area contributed by atoms with Gasteiger partial charge in [0.15, 0.2) is 0 Å². The molecule has 166 valence electrons. The summed E-state index contributed by atoms with van der Waals surface area (Å²) in [6.45, 7) is 3.11. The zero-order chi connectivity index (χ0) is 23.1. The van der Waals surface area contributed by atoms with Gasteiger partial charge in [0.1, 0.15) is 5.75 Å². The molecule has 0 aromatic heterocycles. The van der Waals surface area contributed by atoms with Crippen molar-refractivity contribution in [2.24, 2.45) is 0 Å². The number of ether oxygens (including phenoxy) is 1. The van der Waals surface area contributed by atoms with Crippen molar-refractivity contribution in [1.29, 1.82) is 0 Å². The summed E-state index contributed by atoms with van der Waals surface area (Å²) in [6.07, 6.45) is 0. The van der Waals surface area contributed by atoms with Crippen LogP contribution in [0.25, 0.3) is 0 Å². The van der Waals surface area contributed by atoms with Crippen LogP contribution in [0.1, 0.15) is 19.4 Å². The fourth-order valence-electron chi connectivity index (χ4n) is 3.52. The lowest BCUT2D eigenvalue weighted by atomic mass is 9.86. The monoisotopic (exact) mass is 465 g/mol. The second-order valence-corrected chi connectivity index (χ2v) is 10.3. The number of halogens is 1. The third kappa shape index (κ3) is 4.13. The van der Waals surface area contributed by atoms with E-state index in [1.165, 1.54) is 37.3 Å². The summed E-state index contributed by atoms with van der Waals surface area (Å²) in [5.41, 5.74) is 0.888. The summed E-state index contributed by atoms with van der Waals surface area (Å²) in [5, 5.41) is 2.94. The predicted octanol–water partition coefficient (Wildman–Crippen LogP) is 2.86. The van der Waals surface area contributed by atoms with E-state index in [4.69, 9.17) is 16.3 Å². The van der Waals surface area contributed by atoms with Crippen LogP contribution >= 0.6 is 11.6 Å². The van der Waals surface area contributed by atoms with E-state index < -0.39 is 27.9 Å². The molecule has 0 aliphatic carbocycles. The predicted molar refractivity (Wildman–Crippen MR) is 119 cm³/mol. The average Bonchev–Trinajstić information content (AvgIpc) is 2.88. The number of hydrogen-bond donors (Lipinski definition) is 1. The number of carbonyl (C=O) groups excluding carboxylic acids is 2. The molecular formula is C21H24ClN3O5S. The van der Waals surface area contributed by atoms with E-state index in [-0.39, 0.29) is 10.8 Å². The minimum absolute atomic E-state index is 0.0187. The molecule has 2 amide bonds. The number of benzene rings is 2. The van der Waals surface area contributed by atoms with Crippen LogP contribution in [0, 0.1) is 0 Å². The third-order valence-corrected chi connectivity index (χ3v) is 7.45. The van der Waals surface area contributed by atoms with E-state index in [1.807, 2.05) is 0 Å². The number of rotatable bonds is 6. The highest BCUT2D eigenvalue weighted by molar-refractivity contribution is 7.89. The summed E-state index contributed by atoms with van der Waals surface area (Å²) < 4.78 is 32.1. The molecule has 1 aliphatic rings. The lowest BCUT2D eigenvalue weighted by molar-refractivity contribution is -0.121. The molecule has 0 bridgehead atoms. The van der Waals surface area contributed by atoms with Crippen molar-refractivity contribution in [3.05, 3.63) is 47.0 Å². The molecule has 1 aliphatic heterocycles. The van der Waals surface area contributed by atoms with Crippen LogP contribution in [0.5, 0.6) is 5.75 Å². The Labute approximate surface area is 186 Å². The summed E-state index contributed by atoms with van der Waals surface area (Å²) >= 11 is 6.05. The SMILES string of the molecule is COc1ccc(NC(=O)CN(C)S(=O)(=O)c2ccc3c(c2)C(C)(C)C(=O)N3C)cc1Cl. The van der Waals surface area contributed by atoms with Crippen molar-refractivity contribution in [1.82, 2.24) is 4.31 Å². The molecule has 10 heteroatoms. The molecule has 0 unspecified atom stereocenters. The van der Waals surface area contributed by atoms with Crippen molar-refractivity contribution < 1.29 is 22.7 Å².